The summed E-state index contributed by atoms with van der Waals surface area (Å²) in [5, 5.41) is 3.31. The number of benzene rings is 2. The molecule has 1 saturated heterocycles. The zero-order valence-corrected chi connectivity index (χ0v) is 15.4. The first-order chi connectivity index (χ1) is 13.1. The highest BCUT2D eigenvalue weighted by molar-refractivity contribution is 5.77. The molecular weight excluding hydrogens is 345 g/mol. The second-order valence-corrected chi connectivity index (χ2v) is 6.83. The van der Waals surface area contributed by atoms with Crippen LogP contribution >= 0.6 is 0 Å². The van der Waals surface area contributed by atoms with Crippen molar-refractivity contribution < 1.29 is 13.9 Å². The molecule has 0 bridgehead atoms. The quantitative estimate of drug-likeness (QED) is 0.746. The Morgan fingerprint density at radius 1 is 1.07 bits per heavy atom. The van der Waals surface area contributed by atoms with Crippen LogP contribution in [0.2, 0.25) is 0 Å². The second kappa shape index (κ2) is 9.48. The molecule has 1 aliphatic heterocycles. The molecule has 144 valence electrons. The molecule has 2 aromatic rings. The average Bonchev–Trinajstić information content (AvgIpc) is 2.70. The summed E-state index contributed by atoms with van der Waals surface area (Å²) in [6, 6.07) is 14.6. The number of nitrogens with zero attached hydrogens (tertiary/aromatic N) is 1. The SMILES string of the molecule is NC(=O)[C@H](CNCc1ccc(N2CCOCC2)cc1)Cc1ccc(F)cc1. The number of anilines is 1. The summed E-state index contributed by atoms with van der Waals surface area (Å²) in [7, 11) is 0. The minimum Gasteiger partial charge on any atom is -0.378 e. The van der Waals surface area contributed by atoms with Crippen molar-refractivity contribution in [3.05, 3.63) is 65.5 Å². The first-order valence-electron chi connectivity index (χ1n) is 9.28. The minimum atomic E-state index is -0.352. The van der Waals surface area contributed by atoms with Crippen LogP contribution in [0.5, 0.6) is 0 Å². The monoisotopic (exact) mass is 371 g/mol. The predicted octanol–water partition coefficient (Wildman–Crippen LogP) is 2.10. The van der Waals surface area contributed by atoms with E-state index in [0.29, 0.717) is 19.5 Å². The summed E-state index contributed by atoms with van der Waals surface area (Å²) in [6.45, 7) is 4.52. The maximum atomic E-state index is 13.0. The molecule has 3 rings (SSSR count). The van der Waals surface area contributed by atoms with E-state index in [-0.39, 0.29) is 17.6 Å². The van der Waals surface area contributed by atoms with Crippen LogP contribution in [0.3, 0.4) is 0 Å². The predicted molar refractivity (Wildman–Crippen MR) is 104 cm³/mol. The van der Waals surface area contributed by atoms with Gasteiger partial charge in [-0.3, -0.25) is 4.79 Å². The highest BCUT2D eigenvalue weighted by Crippen LogP contribution is 2.17. The molecule has 0 aromatic heterocycles. The molecule has 1 heterocycles. The van der Waals surface area contributed by atoms with Crippen molar-refractivity contribution >= 4 is 11.6 Å². The van der Waals surface area contributed by atoms with Crippen molar-refractivity contribution in [2.24, 2.45) is 11.7 Å². The van der Waals surface area contributed by atoms with Crippen LogP contribution in [0.1, 0.15) is 11.1 Å². The van der Waals surface area contributed by atoms with Crippen molar-refractivity contribution in [2.75, 3.05) is 37.7 Å². The van der Waals surface area contributed by atoms with E-state index in [2.05, 4.69) is 34.5 Å². The number of morpholine rings is 1. The number of nitrogens with one attached hydrogen (secondary N) is 1. The van der Waals surface area contributed by atoms with E-state index in [1.165, 1.54) is 17.8 Å². The Hall–Kier alpha value is -2.44. The molecule has 3 N–H and O–H groups in total. The maximum Gasteiger partial charge on any atom is 0.222 e. The lowest BCUT2D eigenvalue weighted by molar-refractivity contribution is -0.121. The van der Waals surface area contributed by atoms with Crippen molar-refractivity contribution in [2.45, 2.75) is 13.0 Å². The summed E-state index contributed by atoms with van der Waals surface area (Å²) >= 11 is 0. The highest BCUT2D eigenvalue weighted by Gasteiger charge is 2.16. The standard InChI is InChI=1S/C21H26FN3O2/c22-19-5-1-16(2-6-19)13-18(21(23)26)15-24-14-17-3-7-20(8-4-17)25-9-11-27-12-10-25/h1-8,18,24H,9-15H2,(H2,23,26)/t18-/m0/s1. The normalized spacial score (nSPS) is 15.5. The van der Waals surface area contributed by atoms with Crippen LogP contribution < -0.4 is 16.0 Å². The number of hydrogen-bond donors (Lipinski definition) is 2. The van der Waals surface area contributed by atoms with Gasteiger partial charge >= 0.3 is 0 Å². The number of ether oxygens (including phenoxy) is 1. The van der Waals surface area contributed by atoms with E-state index < -0.39 is 0 Å². The zero-order chi connectivity index (χ0) is 19.1. The van der Waals surface area contributed by atoms with Crippen LogP contribution in [0.25, 0.3) is 0 Å². The van der Waals surface area contributed by atoms with Gasteiger partial charge in [0.05, 0.1) is 19.1 Å². The van der Waals surface area contributed by atoms with Gasteiger partial charge in [0.25, 0.3) is 0 Å². The van der Waals surface area contributed by atoms with Gasteiger partial charge in [0, 0.05) is 31.9 Å². The van der Waals surface area contributed by atoms with E-state index in [0.717, 1.165) is 37.4 Å². The number of carbonyl (C=O) groups excluding carboxylic acids is 1. The lowest BCUT2D eigenvalue weighted by Gasteiger charge is -2.29. The molecule has 0 spiro atoms. The van der Waals surface area contributed by atoms with Crippen molar-refractivity contribution in [3.8, 4) is 0 Å². The second-order valence-electron chi connectivity index (χ2n) is 6.83. The molecule has 0 saturated carbocycles. The summed E-state index contributed by atoms with van der Waals surface area (Å²) in [4.78, 5) is 14.0. The number of amides is 1. The number of primary amides is 1. The molecule has 6 heteroatoms. The Labute approximate surface area is 159 Å². The highest BCUT2D eigenvalue weighted by atomic mass is 19.1. The van der Waals surface area contributed by atoms with Gasteiger partial charge in [0.15, 0.2) is 0 Å². The number of halogens is 1. The maximum absolute atomic E-state index is 13.0. The minimum absolute atomic E-state index is 0.284. The van der Waals surface area contributed by atoms with Crippen LogP contribution in [0.15, 0.2) is 48.5 Å². The molecule has 1 amide bonds. The van der Waals surface area contributed by atoms with E-state index in [1.54, 1.807) is 12.1 Å². The Morgan fingerprint density at radius 2 is 1.70 bits per heavy atom. The third-order valence-corrected chi connectivity index (χ3v) is 4.83. The van der Waals surface area contributed by atoms with Gasteiger partial charge in [0.1, 0.15) is 5.82 Å². The number of rotatable bonds is 8. The van der Waals surface area contributed by atoms with E-state index in [4.69, 9.17) is 10.5 Å². The van der Waals surface area contributed by atoms with Gasteiger partial charge in [-0.25, -0.2) is 4.39 Å². The number of carbonyl (C=O) groups is 1. The third kappa shape index (κ3) is 5.77. The van der Waals surface area contributed by atoms with Gasteiger partial charge in [-0.1, -0.05) is 24.3 Å². The number of hydrogen-bond acceptors (Lipinski definition) is 4. The smallest absolute Gasteiger partial charge is 0.222 e. The zero-order valence-electron chi connectivity index (χ0n) is 15.4. The molecule has 1 fully saturated rings. The Balaban J connectivity index is 1.49. The van der Waals surface area contributed by atoms with Gasteiger partial charge in [-0.15, -0.1) is 0 Å². The van der Waals surface area contributed by atoms with E-state index in [9.17, 15) is 9.18 Å². The number of nitrogens with two attached hydrogens (primary N) is 1. The molecule has 5 nitrogen and oxygen atoms in total. The fourth-order valence-corrected chi connectivity index (χ4v) is 3.22. The third-order valence-electron chi connectivity index (χ3n) is 4.83. The molecular formula is C21H26FN3O2. The molecule has 27 heavy (non-hydrogen) atoms. The van der Waals surface area contributed by atoms with Gasteiger partial charge in [0.2, 0.25) is 5.91 Å². The summed E-state index contributed by atoms with van der Waals surface area (Å²) < 4.78 is 18.4. The van der Waals surface area contributed by atoms with E-state index in [1.807, 2.05) is 0 Å². The summed E-state index contributed by atoms with van der Waals surface area (Å²) in [5.41, 5.74) is 8.78. The van der Waals surface area contributed by atoms with E-state index >= 15 is 0 Å². The van der Waals surface area contributed by atoms with Gasteiger partial charge in [-0.2, -0.15) is 0 Å². The molecule has 0 unspecified atom stereocenters. The van der Waals surface area contributed by atoms with Gasteiger partial charge < -0.3 is 20.7 Å². The molecule has 2 aromatic carbocycles. The molecule has 1 atom stereocenters. The molecule has 0 radical (unpaired) electrons. The van der Waals surface area contributed by atoms with Gasteiger partial charge in [-0.05, 0) is 41.8 Å². The van der Waals surface area contributed by atoms with Crippen molar-refractivity contribution in [3.63, 3.8) is 0 Å². The van der Waals surface area contributed by atoms with Crippen LogP contribution in [0.4, 0.5) is 10.1 Å². The molecule has 0 aliphatic carbocycles. The van der Waals surface area contributed by atoms with Crippen molar-refractivity contribution in [1.82, 2.24) is 5.32 Å². The first-order valence-corrected chi connectivity index (χ1v) is 9.28. The fraction of sp³-hybridized carbons (Fsp3) is 0.381. The van der Waals surface area contributed by atoms with Crippen molar-refractivity contribution in [1.29, 1.82) is 0 Å². The Morgan fingerprint density at radius 3 is 2.33 bits per heavy atom. The lowest BCUT2D eigenvalue weighted by Crippen LogP contribution is -2.36. The summed E-state index contributed by atoms with van der Waals surface area (Å²) in [5.74, 6) is -0.967. The van der Waals surface area contributed by atoms with Crippen LogP contribution in [-0.2, 0) is 22.5 Å². The Bertz CT molecular complexity index is 728. The molecule has 1 aliphatic rings. The fourth-order valence-electron chi connectivity index (χ4n) is 3.22. The van der Waals surface area contributed by atoms with Crippen LogP contribution in [-0.4, -0.2) is 38.8 Å². The Kier molecular flexibility index (Phi) is 6.79. The van der Waals surface area contributed by atoms with Crippen LogP contribution in [0, 0.1) is 11.7 Å². The average molecular weight is 371 g/mol. The lowest BCUT2D eigenvalue weighted by atomic mass is 9.98. The topological polar surface area (TPSA) is 67.6 Å². The first kappa shape index (κ1) is 19.3. The summed E-state index contributed by atoms with van der Waals surface area (Å²) in [6.07, 6.45) is 0.499. The largest absolute Gasteiger partial charge is 0.378 e.